The molecule has 6 rings (SSSR count). The minimum absolute atomic E-state index is 0.0427. The van der Waals surface area contributed by atoms with Gasteiger partial charge < -0.3 is 0 Å². The van der Waals surface area contributed by atoms with Crippen LogP contribution >= 0.6 is 22.7 Å². The van der Waals surface area contributed by atoms with Crippen molar-refractivity contribution in [2.45, 2.75) is 60.3 Å². The number of nitrogens with zero attached hydrogens (tertiary/aromatic N) is 1. The molecule has 0 unspecified atom stereocenters. The number of hydrogen-bond acceptors (Lipinski definition) is 3. The van der Waals surface area contributed by atoms with Crippen LogP contribution in [0.1, 0.15) is 56.2 Å². The Morgan fingerprint density at radius 2 is 1.58 bits per heavy atom. The van der Waals surface area contributed by atoms with Gasteiger partial charge in [-0.15, -0.1) is 22.7 Å². The smallest absolute Gasteiger partial charge is 0.0791 e. The van der Waals surface area contributed by atoms with Crippen molar-refractivity contribution < 1.29 is 0 Å². The van der Waals surface area contributed by atoms with Gasteiger partial charge in [-0.1, -0.05) is 71.0 Å². The number of hydrogen-bond donors (Lipinski definition) is 0. The zero-order valence-electron chi connectivity index (χ0n) is 23.4. The second-order valence-electron chi connectivity index (χ2n) is 12.0. The van der Waals surface area contributed by atoms with Gasteiger partial charge in [0.15, 0.2) is 0 Å². The normalized spacial score (nSPS) is 12.4. The number of thiophene rings is 2. The summed E-state index contributed by atoms with van der Waals surface area (Å²) >= 11 is 3.87. The van der Waals surface area contributed by atoms with Crippen LogP contribution in [0.5, 0.6) is 0 Å². The highest BCUT2D eigenvalue weighted by Crippen LogP contribution is 2.44. The van der Waals surface area contributed by atoms with Crippen molar-refractivity contribution in [1.82, 2.24) is 4.98 Å². The van der Waals surface area contributed by atoms with Crippen LogP contribution < -0.4 is 0 Å². The lowest BCUT2D eigenvalue weighted by molar-refractivity contribution is 0.596. The van der Waals surface area contributed by atoms with Crippen molar-refractivity contribution in [1.29, 1.82) is 0 Å². The molecule has 0 aliphatic heterocycles. The molecule has 0 aliphatic rings. The summed E-state index contributed by atoms with van der Waals surface area (Å²) in [5.41, 5.74) is 7.80. The molecule has 0 fully saturated rings. The maximum atomic E-state index is 4.98. The van der Waals surface area contributed by atoms with Crippen molar-refractivity contribution in [3.05, 3.63) is 88.4 Å². The molecule has 0 spiro atoms. The first kappa shape index (κ1) is 25.3. The molecule has 6 aromatic rings. The predicted octanol–water partition coefficient (Wildman–Crippen LogP) is 11.1. The van der Waals surface area contributed by atoms with Gasteiger partial charge in [0.25, 0.3) is 0 Å². The maximum absolute atomic E-state index is 4.98. The number of aromatic nitrogens is 1. The Kier molecular flexibility index (Phi) is 6.20. The molecule has 0 saturated heterocycles. The van der Waals surface area contributed by atoms with Gasteiger partial charge in [-0.25, -0.2) is 0 Å². The zero-order valence-corrected chi connectivity index (χ0v) is 25.0. The number of pyridine rings is 1. The summed E-state index contributed by atoms with van der Waals surface area (Å²) in [7, 11) is 0. The molecule has 38 heavy (non-hydrogen) atoms. The van der Waals surface area contributed by atoms with E-state index in [2.05, 4.69) is 109 Å². The van der Waals surface area contributed by atoms with E-state index in [9.17, 15) is 0 Å². The Morgan fingerprint density at radius 3 is 2.34 bits per heavy atom. The molecule has 0 bridgehead atoms. The van der Waals surface area contributed by atoms with E-state index < -0.39 is 0 Å². The average Bonchev–Trinajstić information content (AvgIpc) is 3.38. The van der Waals surface area contributed by atoms with Crippen molar-refractivity contribution >= 4 is 53.6 Å². The number of aryl methyl sites for hydroxylation is 2. The van der Waals surface area contributed by atoms with Crippen molar-refractivity contribution in [3.8, 4) is 21.7 Å². The van der Waals surface area contributed by atoms with Gasteiger partial charge in [0.05, 0.1) is 5.69 Å². The van der Waals surface area contributed by atoms with Crippen LogP contribution in [0, 0.1) is 19.8 Å². The summed E-state index contributed by atoms with van der Waals surface area (Å²) in [6, 6.07) is 22.7. The summed E-state index contributed by atoms with van der Waals surface area (Å²) in [5.74, 6) is 0.672. The van der Waals surface area contributed by atoms with E-state index in [1.165, 1.54) is 68.5 Å². The lowest BCUT2D eigenvalue weighted by atomic mass is 9.82. The molecule has 3 heteroatoms. The maximum Gasteiger partial charge on any atom is 0.0791 e. The molecule has 0 radical (unpaired) electrons. The van der Waals surface area contributed by atoms with Gasteiger partial charge in [-0.2, -0.15) is 0 Å². The summed E-state index contributed by atoms with van der Waals surface area (Å²) in [6.07, 6.45) is 3.13. The lowest BCUT2D eigenvalue weighted by Crippen LogP contribution is -2.12. The van der Waals surface area contributed by atoms with E-state index in [0.29, 0.717) is 5.92 Å². The largest absolute Gasteiger partial charge is 0.256 e. The van der Waals surface area contributed by atoms with E-state index in [1.807, 2.05) is 28.9 Å². The molecule has 0 atom stereocenters. The first-order chi connectivity index (χ1) is 18.1. The third-order valence-corrected chi connectivity index (χ3v) is 10.3. The molecule has 192 valence electrons. The monoisotopic (exact) mass is 533 g/mol. The van der Waals surface area contributed by atoms with E-state index in [0.717, 1.165) is 12.1 Å². The van der Waals surface area contributed by atoms with Crippen molar-refractivity contribution in [3.63, 3.8) is 0 Å². The third kappa shape index (κ3) is 4.26. The van der Waals surface area contributed by atoms with Crippen LogP contribution in [-0.2, 0) is 11.8 Å². The van der Waals surface area contributed by atoms with E-state index >= 15 is 0 Å². The molecule has 3 heterocycles. The fourth-order valence-electron chi connectivity index (χ4n) is 5.74. The third-order valence-electron chi connectivity index (χ3n) is 7.68. The fraction of sp³-hybridized carbons (Fsp3) is 0.286. The fourth-order valence-corrected chi connectivity index (χ4v) is 8.40. The highest BCUT2D eigenvalue weighted by Gasteiger charge is 2.21. The first-order valence-electron chi connectivity index (χ1n) is 13.6. The molecule has 0 saturated carbocycles. The van der Waals surface area contributed by atoms with Gasteiger partial charge in [0.2, 0.25) is 0 Å². The quantitative estimate of drug-likeness (QED) is 0.220. The highest BCUT2D eigenvalue weighted by atomic mass is 32.1. The molecule has 0 N–H and O–H groups in total. The van der Waals surface area contributed by atoms with Gasteiger partial charge in [-0.3, -0.25) is 4.98 Å². The standard InChI is InChI=1S/C35H35NS2/c1-20(2)16-30-21(3)26-13-12-24(19-31(26)37-30)34-22(4)32-29(38-34)14-15-36-33(32)25-17-23-10-8-9-11-27(23)28(18-25)35(5,6)7/h8-15,17-20H,16H2,1-7H3. The van der Waals surface area contributed by atoms with Gasteiger partial charge in [0, 0.05) is 36.3 Å². The van der Waals surface area contributed by atoms with Gasteiger partial charge in [0.1, 0.15) is 0 Å². The topological polar surface area (TPSA) is 12.9 Å². The van der Waals surface area contributed by atoms with Gasteiger partial charge in [-0.05, 0) is 94.3 Å². The van der Waals surface area contributed by atoms with Crippen molar-refractivity contribution in [2.24, 2.45) is 5.92 Å². The predicted molar refractivity (Wildman–Crippen MR) is 170 cm³/mol. The second kappa shape index (κ2) is 9.32. The number of benzene rings is 3. The molecular formula is C35H35NS2. The molecule has 0 amide bonds. The Morgan fingerprint density at radius 1 is 0.789 bits per heavy atom. The van der Waals surface area contributed by atoms with E-state index in [1.54, 1.807) is 0 Å². The Labute approximate surface area is 234 Å². The summed E-state index contributed by atoms with van der Waals surface area (Å²) in [6.45, 7) is 16.1. The van der Waals surface area contributed by atoms with Crippen molar-refractivity contribution in [2.75, 3.05) is 0 Å². The Bertz CT molecular complexity index is 1820. The minimum atomic E-state index is 0.0427. The van der Waals surface area contributed by atoms with Crippen LogP contribution in [-0.4, -0.2) is 4.98 Å². The van der Waals surface area contributed by atoms with E-state index in [-0.39, 0.29) is 5.41 Å². The minimum Gasteiger partial charge on any atom is -0.256 e. The highest BCUT2D eigenvalue weighted by molar-refractivity contribution is 7.22. The summed E-state index contributed by atoms with van der Waals surface area (Å²) < 4.78 is 2.70. The molecule has 3 aromatic heterocycles. The molecular weight excluding hydrogens is 499 g/mol. The van der Waals surface area contributed by atoms with Crippen LogP contribution in [0.3, 0.4) is 0 Å². The zero-order chi connectivity index (χ0) is 26.8. The van der Waals surface area contributed by atoms with Crippen LogP contribution in [0.2, 0.25) is 0 Å². The number of rotatable bonds is 4. The molecule has 0 aliphatic carbocycles. The van der Waals surface area contributed by atoms with Crippen LogP contribution in [0.15, 0.2) is 66.9 Å². The van der Waals surface area contributed by atoms with E-state index in [4.69, 9.17) is 4.98 Å². The molecule has 3 aromatic carbocycles. The van der Waals surface area contributed by atoms with Gasteiger partial charge >= 0.3 is 0 Å². The second-order valence-corrected chi connectivity index (χ2v) is 14.2. The summed E-state index contributed by atoms with van der Waals surface area (Å²) in [4.78, 5) is 7.85. The summed E-state index contributed by atoms with van der Waals surface area (Å²) in [5, 5.41) is 5.29. The van der Waals surface area contributed by atoms with Crippen LogP contribution in [0.4, 0.5) is 0 Å². The Hall–Kier alpha value is -3.01. The lowest BCUT2D eigenvalue weighted by Gasteiger charge is -2.23. The Balaban J connectivity index is 1.53. The number of fused-ring (bicyclic) bond motifs is 3. The van der Waals surface area contributed by atoms with Crippen LogP contribution in [0.25, 0.3) is 52.6 Å². The molecule has 1 nitrogen and oxygen atoms in total. The first-order valence-corrected chi connectivity index (χ1v) is 15.2. The average molecular weight is 534 g/mol. The SMILES string of the molecule is Cc1c(CC(C)C)sc2cc(-c3sc4ccnc(-c5cc(C(C)(C)C)c6ccccc6c5)c4c3C)ccc12.